The van der Waals surface area contributed by atoms with Crippen LogP contribution in [-0.4, -0.2) is 78.5 Å². The Labute approximate surface area is 184 Å². The van der Waals surface area contributed by atoms with Gasteiger partial charge in [0.25, 0.3) is 0 Å². The summed E-state index contributed by atoms with van der Waals surface area (Å²) in [4.78, 5) is 19.2. The van der Waals surface area contributed by atoms with Gasteiger partial charge in [-0.25, -0.2) is 4.79 Å². The number of carbonyl (C=O) groups is 1. The molecule has 0 bridgehead atoms. The number of fused-ring (bicyclic) bond motifs is 1. The van der Waals surface area contributed by atoms with E-state index in [1.54, 1.807) is 7.11 Å². The Morgan fingerprint density at radius 1 is 1.13 bits per heavy atom. The summed E-state index contributed by atoms with van der Waals surface area (Å²) in [6, 6.07) is 8.26. The molecule has 168 valence electrons. The molecule has 1 aromatic heterocycles. The van der Waals surface area contributed by atoms with Crippen LogP contribution in [0.25, 0.3) is 0 Å². The van der Waals surface area contributed by atoms with E-state index in [0.29, 0.717) is 6.54 Å². The Bertz CT molecular complexity index is 875. The molecule has 2 aliphatic rings. The molecule has 0 aliphatic carbocycles. The van der Waals surface area contributed by atoms with Crippen molar-refractivity contribution in [2.75, 3.05) is 57.8 Å². The van der Waals surface area contributed by atoms with Gasteiger partial charge in [-0.1, -0.05) is 12.1 Å². The van der Waals surface area contributed by atoms with E-state index >= 15 is 0 Å². The van der Waals surface area contributed by atoms with Gasteiger partial charge in [0, 0.05) is 52.5 Å². The van der Waals surface area contributed by atoms with Crippen molar-refractivity contribution in [3.8, 4) is 5.75 Å². The van der Waals surface area contributed by atoms with Gasteiger partial charge in [-0.05, 0) is 43.5 Å². The average Bonchev–Trinajstić information content (AvgIpc) is 3.18. The molecule has 0 atom stereocenters. The Balaban J connectivity index is 1.11. The van der Waals surface area contributed by atoms with Gasteiger partial charge in [-0.3, -0.25) is 9.58 Å². The lowest BCUT2D eigenvalue weighted by atomic mass is 10.1. The second kappa shape index (κ2) is 10.0. The molecule has 1 aromatic carbocycles. The van der Waals surface area contributed by atoms with E-state index < -0.39 is 0 Å². The molecule has 8 nitrogen and oxygen atoms in total. The number of nitrogens with one attached hydrogen (secondary N) is 1. The number of piperazine rings is 1. The summed E-state index contributed by atoms with van der Waals surface area (Å²) in [6.45, 7) is 7.33. The zero-order chi connectivity index (χ0) is 21.6. The van der Waals surface area contributed by atoms with Crippen molar-refractivity contribution in [1.82, 2.24) is 24.9 Å². The largest absolute Gasteiger partial charge is 0.495 e. The predicted octanol–water partition coefficient (Wildman–Crippen LogP) is 2.10. The summed E-state index contributed by atoms with van der Waals surface area (Å²) in [5.74, 6) is 0.944. The molecule has 0 spiro atoms. The van der Waals surface area contributed by atoms with Crippen LogP contribution in [0.2, 0.25) is 0 Å². The number of rotatable bonds is 7. The summed E-state index contributed by atoms with van der Waals surface area (Å²) in [5, 5.41) is 7.54. The molecule has 4 rings (SSSR count). The lowest BCUT2D eigenvalue weighted by molar-refractivity contribution is 0.191. The molecule has 0 saturated carbocycles. The number of aromatic nitrogens is 2. The molecule has 2 aromatic rings. The van der Waals surface area contributed by atoms with Crippen LogP contribution in [0.15, 0.2) is 30.5 Å². The molecule has 2 aliphatic heterocycles. The minimum Gasteiger partial charge on any atom is -0.495 e. The number of ether oxygens (including phenoxy) is 1. The Kier molecular flexibility index (Phi) is 6.96. The monoisotopic (exact) mass is 426 g/mol. The molecule has 1 fully saturated rings. The van der Waals surface area contributed by atoms with E-state index in [1.165, 1.54) is 11.3 Å². The fourth-order valence-electron chi connectivity index (χ4n) is 4.49. The van der Waals surface area contributed by atoms with Gasteiger partial charge in [-0.2, -0.15) is 5.10 Å². The third-order valence-corrected chi connectivity index (χ3v) is 6.25. The van der Waals surface area contributed by atoms with Gasteiger partial charge in [0.15, 0.2) is 0 Å². The minimum absolute atomic E-state index is 0.0294. The van der Waals surface area contributed by atoms with Crippen LogP contribution in [0.5, 0.6) is 5.75 Å². The zero-order valence-electron chi connectivity index (χ0n) is 18.7. The molecule has 31 heavy (non-hydrogen) atoms. The Morgan fingerprint density at radius 2 is 1.94 bits per heavy atom. The maximum Gasteiger partial charge on any atom is 0.317 e. The zero-order valence-corrected chi connectivity index (χ0v) is 18.7. The summed E-state index contributed by atoms with van der Waals surface area (Å²) in [5.41, 5.74) is 3.47. The van der Waals surface area contributed by atoms with E-state index in [4.69, 9.17) is 4.74 Å². The van der Waals surface area contributed by atoms with Crippen LogP contribution >= 0.6 is 0 Å². The lowest BCUT2D eigenvalue weighted by Crippen LogP contribution is -2.47. The number of unbranched alkanes of at least 4 members (excludes halogenated alkanes) is 1. The fraction of sp³-hybridized carbons (Fsp3) is 0.565. The summed E-state index contributed by atoms with van der Waals surface area (Å²) < 4.78 is 7.34. The summed E-state index contributed by atoms with van der Waals surface area (Å²) >= 11 is 0. The van der Waals surface area contributed by atoms with Gasteiger partial charge in [0.05, 0.1) is 25.0 Å². The highest BCUT2D eigenvalue weighted by Gasteiger charge is 2.23. The smallest absolute Gasteiger partial charge is 0.317 e. The van der Waals surface area contributed by atoms with Crippen molar-refractivity contribution in [2.24, 2.45) is 7.05 Å². The Morgan fingerprint density at radius 3 is 2.74 bits per heavy atom. The molecular weight excluding hydrogens is 392 g/mol. The quantitative estimate of drug-likeness (QED) is 0.687. The maximum atomic E-state index is 12.5. The number of amides is 2. The number of para-hydroxylation sites is 2. The molecule has 0 unspecified atom stereocenters. The highest BCUT2D eigenvalue weighted by atomic mass is 16.5. The number of hydrogen-bond acceptors (Lipinski definition) is 5. The molecule has 0 radical (unpaired) electrons. The van der Waals surface area contributed by atoms with Crippen molar-refractivity contribution in [3.05, 3.63) is 41.7 Å². The first-order chi connectivity index (χ1) is 15.1. The molecule has 1 N–H and O–H groups in total. The third kappa shape index (κ3) is 5.31. The van der Waals surface area contributed by atoms with Crippen LogP contribution < -0.4 is 15.0 Å². The van der Waals surface area contributed by atoms with E-state index in [0.717, 1.165) is 76.5 Å². The summed E-state index contributed by atoms with van der Waals surface area (Å²) in [6.07, 6.45) is 5.04. The van der Waals surface area contributed by atoms with Crippen LogP contribution in [0, 0.1) is 0 Å². The molecule has 2 amide bonds. The highest BCUT2D eigenvalue weighted by Crippen LogP contribution is 2.28. The van der Waals surface area contributed by atoms with Gasteiger partial charge >= 0.3 is 6.03 Å². The Hall–Kier alpha value is -2.74. The van der Waals surface area contributed by atoms with Crippen LogP contribution in [0.1, 0.15) is 24.1 Å². The van der Waals surface area contributed by atoms with Gasteiger partial charge in [-0.15, -0.1) is 0 Å². The molecular formula is C23H34N6O2. The van der Waals surface area contributed by atoms with E-state index in [9.17, 15) is 4.79 Å². The lowest BCUT2D eigenvalue weighted by Gasteiger charge is -2.36. The van der Waals surface area contributed by atoms with Crippen LogP contribution in [-0.2, 0) is 20.0 Å². The first-order valence-corrected chi connectivity index (χ1v) is 11.3. The summed E-state index contributed by atoms with van der Waals surface area (Å²) in [7, 11) is 3.66. The van der Waals surface area contributed by atoms with Gasteiger partial charge in [0.2, 0.25) is 0 Å². The first kappa shape index (κ1) is 21.5. The number of aryl methyl sites for hydroxylation is 1. The first-order valence-electron chi connectivity index (χ1n) is 11.3. The third-order valence-electron chi connectivity index (χ3n) is 6.25. The van der Waals surface area contributed by atoms with E-state index in [-0.39, 0.29) is 6.03 Å². The average molecular weight is 427 g/mol. The van der Waals surface area contributed by atoms with Crippen molar-refractivity contribution in [1.29, 1.82) is 0 Å². The van der Waals surface area contributed by atoms with E-state index in [2.05, 4.69) is 38.5 Å². The van der Waals surface area contributed by atoms with Gasteiger partial charge in [0.1, 0.15) is 5.75 Å². The highest BCUT2D eigenvalue weighted by molar-refractivity contribution is 5.74. The number of anilines is 1. The second-order valence-corrected chi connectivity index (χ2v) is 8.39. The van der Waals surface area contributed by atoms with Crippen molar-refractivity contribution >= 4 is 11.7 Å². The van der Waals surface area contributed by atoms with Crippen LogP contribution in [0.3, 0.4) is 0 Å². The fourth-order valence-corrected chi connectivity index (χ4v) is 4.49. The van der Waals surface area contributed by atoms with Gasteiger partial charge < -0.3 is 19.9 Å². The number of carbonyl (C=O) groups excluding carboxylic acids is 1. The molecule has 8 heteroatoms. The van der Waals surface area contributed by atoms with Crippen molar-refractivity contribution < 1.29 is 9.53 Å². The number of nitrogens with zero attached hydrogens (tertiary/aromatic N) is 5. The second-order valence-electron chi connectivity index (χ2n) is 8.39. The standard InChI is InChI=1S/C23H34N6O2/c1-26-17-19-9-12-29(18-20(19)25-26)23(30)24-10-5-6-11-27-13-15-28(16-14-27)21-7-3-4-8-22(21)31-2/h3-4,7-8,17H,5-6,9-16,18H2,1-2H3,(H,24,30). The van der Waals surface area contributed by atoms with E-state index in [1.807, 2.05) is 28.8 Å². The number of benzene rings is 1. The minimum atomic E-state index is 0.0294. The normalized spacial score (nSPS) is 16.8. The van der Waals surface area contributed by atoms with Crippen molar-refractivity contribution in [2.45, 2.75) is 25.8 Å². The van der Waals surface area contributed by atoms with Crippen LogP contribution in [0.4, 0.5) is 10.5 Å². The topological polar surface area (TPSA) is 65.9 Å². The molecule has 1 saturated heterocycles. The van der Waals surface area contributed by atoms with Crippen molar-refractivity contribution in [3.63, 3.8) is 0 Å². The molecule has 3 heterocycles. The maximum absolute atomic E-state index is 12.5. The number of methoxy groups -OCH3 is 1. The predicted molar refractivity (Wildman–Crippen MR) is 122 cm³/mol. The number of urea groups is 1. The SMILES string of the molecule is COc1ccccc1N1CCN(CCCCNC(=O)N2CCc3cn(C)nc3C2)CC1. The number of hydrogen-bond donors (Lipinski definition) is 1.